The Kier molecular flexibility index (Phi) is 6.16. The number of benzene rings is 2. The number of thiophene rings is 1. The Morgan fingerprint density at radius 2 is 1.82 bits per heavy atom. The minimum atomic E-state index is -4.01. The summed E-state index contributed by atoms with van der Waals surface area (Å²) in [6.45, 7) is 3.86. The molecule has 146 valence electrons. The van der Waals surface area contributed by atoms with Crippen molar-refractivity contribution in [1.82, 2.24) is 0 Å². The highest BCUT2D eigenvalue weighted by atomic mass is 32.2. The summed E-state index contributed by atoms with van der Waals surface area (Å²) < 4.78 is 34.2. The molecule has 0 aliphatic carbocycles. The molecule has 1 N–H and O–H groups in total. The Bertz CT molecular complexity index is 1070. The molecule has 2 aromatic carbocycles. The second kappa shape index (κ2) is 8.58. The number of hydrogen-bond acceptors (Lipinski definition) is 5. The van der Waals surface area contributed by atoms with Crippen LogP contribution in [0.4, 0.5) is 5.69 Å². The van der Waals surface area contributed by atoms with Crippen LogP contribution in [-0.4, -0.2) is 21.0 Å². The molecule has 0 aliphatic rings. The molecule has 1 aromatic heterocycles. The van der Waals surface area contributed by atoms with Gasteiger partial charge in [-0.3, -0.25) is 4.72 Å². The fraction of sp³-hybridized carbons (Fsp3) is 0.190. The Balaban J connectivity index is 2.11. The van der Waals surface area contributed by atoms with Crippen molar-refractivity contribution in [1.29, 1.82) is 0 Å². The summed E-state index contributed by atoms with van der Waals surface area (Å²) in [6.07, 6.45) is 0.789. The fourth-order valence-electron chi connectivity index (χ4n) is 2.83. The number of ether oxygens (including phenoxy) is 1. The topological polar surface area (TPSA) is 72.5 Å². The zero-order valence-electron chi connectivity index (χ0n) is 15.6. The predicted octanol–water partition coefficient (Wildman–Crippen LogP) is 4.96. The lowest BCUT2D eigenvalue weighted by atomic mass is 10.1. The molecule has 0 saturated carbocycles. The van der Waals surface area contributed by atoms with Crippen molar-refractivity contribution in [2.24, 2.45) is 0 Å². The highest BCUT2D eigenvalue weighted by Crippen LogP contribution is 2.36. The van der Waals surface area contributed by atoms with Crippen molar-refractivity contribution < 1.29 is 17.9 Å². The molecule has 0 spiro atoms. The van der Waals surface area contributed by atoms with E-state index in [4.69, 9.17) is 4.74 Å². The Labute approximate surface area is 169 Å². The first-order valence-electron chi connectivity index (χ1n) is 8.92. The number of carbonyl (C=O) groups excluding carboxylic acids is 1. The van der Waals surface area contributed by atoms with Gasteiger partial charge in [0.05, 0.1) is 6.61 Å². The minimum absolute atomic E-state index is 0.0518. The molecule has 1 heterocycles. The largest absolute Gasteiger partial charge is 0.462 e. The quantitative estimate of drug-likeness (QED) is 0.554. The van der Waals surface area contributed by atoms with Crippen LogP contribution in [0, 0.1) is 0 Å². The maximum Gasteiger partial charge on any atom is 0.349 e. The van der Waals surface area contributed by atoms with Gasteiger partial charge in [-0.05, 0) is 36.6 Å². The van der Waals surface area contributed by atoms with Gasteiger partial charge in [0.15, 0.2) is 0 Å². The lowest BCUT2D eigenvalue weighted by Gasteiger charge is -2.12. The number of rotatable bonds is 7. The molecule has 0 atom stereocenters. The molecule has 0 aliphatic heterocycles. The third-order valence-electron chi connectivity index (χ3n) is 4.15. The molecule has 0 saturated heterocycles. The molecule has 5 nitrogen and oxygen atoms in total. The van der Waals surface area contributed by atoms with Crippen LogP contribution in [0.1, 0.15) is 29.1 Å². The van der Waals surface area contributed by atoms with Crippen LogP contribution in [0.25, 0.3) is 11.1 Å². The summed E-state index contributed by atoms with van der Waals surface area (Å²) in [5.41, 5.74) is 2.67. The molecule has 0 radical (unpaired) electrons. The monoisotopic (exact) mass is 415 g/mol. The van der Waals surface area contributed by atoms with Crippen LogP contribution in [0.5, 0.6) is 0 Å². The van der Waals surface area contributed by atoms with Crippen LogP contribution < -0.4 is 4.72 Å². The van der Waals surface area contributed by atoms with E-state index >= 15 is 0 Å². The first-order valence-corrected chi connectivity index (χ1v) is 11.3. The van der Waals surface area contributed by atoms with Crippen molar-refractivity contribution in [2.45, 2.75) is 25.2 Å². The van der Waals surface area contributed by atoms with Crippen molar-refractivity contribution in [3.63, 3.8) is 0 Å². The zero-order chi connectivity index (χ0) is 20.1. The molecule has 3 rings (SSSR count). The van der Waals surface area contributed by atoms with Gasteiger partial charge in [-0.2, -0.15) is 0 Å². The van der Waals surface area contributed by atoms with Gasteiger partial charge in [0.2, 0.25) is 0 Å². The maximum atomic E-state index is 13.3. The molecular formula is C21H21NO4S2. The van der Waals surface area contributed by atoms with Gasteiger partial charge >= 0.3 is 5.97 Å². The van der Waals surface area contributed by atoms with E-state index in [1.54, 1.807) is 30.5 Å². The van der Waals surface area contributed by atoms with Gasteiger partial charge < -0.3 is 4.74 Å². The SMILES string of the molecule is CCOC(=O)c1scc(-c2ccccc2)c1S(=O)(=O)Nc1cccc(CC)c1. The summed E-state index contributed by atoms with van der Waals surface area (Å²) >= 11 is 1.07. The van der Waals surface area contributed by atoms with Gasteiger partial charge in [-0.15, -0.1) is 11.3 Å². The predicted molar refractivity (Wildman–Crippen MR) is 112 cm³/mol. The second-order valence-electron chi connectivity index (χ2n) is 6.05. The van der Waals surface area contributed by atoms with E-state index < -0.39 is 16.0 Å². The molecule has 28 heavy (non-hydrogen) atoms. The lowest BCUT2D eigenvalue weighted by Crippen LogP contribution is -2.17. The molecular weight excluding hydrogens is 394 g/mol. The summed E-state index contributed by atoms with van der Waals surface area (Å²) in [5.74, 6) is -0.641. The molecule has 0 bridgehead atoms. The van der Waals surface area contributed by atoms with E-state index in [0.717, 1.165) is 28.9 Å². The van der Waals surface area contributed by atoms with Gasteiger partial charge in [-0.1, -0.05) is 49.4 Å². The van der Waals surface area contributed by atoms with Gasteiger partial charge in [0, 0.05) is 16.6 Å². The summed E-state index contributed by atoms with van der Waals surface area (Å²) in [4.78, 5) is 12.4. The average Bonchev–Trinajstić information content (AvgIpc) is 3.15. The average molecular weight is 416 g/mol. The van der Waals surface area contributed by atoms with E-state index in [2.05, 4.69) is 4.72 Å². The molecule has 7 heteroatoms. The second-order valence-corrected chi connectivity index (χ2v) is 8.55. The van der Waals surface area contributed by atoms with Crippen LogP contribution >= 0.6 is 11.3 Å². The Morgan fingerprint density at radius 1 is 1.07 bits per heavy atom. The molecule has 3 aromatic rings. The van der Waals surface area contributed by atoms with E-state index in [0.29, 0.717) is 11.3 Å². The van der Waals surface area contributed by atoms with Crippen molar-refractivity contribution in [3.8, 4) is 11.1 Å². The number of hydrogen-bond donors (Lipinski definition) is 1. The normalized spacial score (nSPS) is 11.2. The molecule has 0 unspecified atom stereocenters. The minimum Gasteiger partial charge on any atom is -0.462 e. The van der Waals surface area contributed by atoms with E-state index in [1.165, 1.54) is 0 Å². The van der Waals surface area contributed by atoms with E-state index in [-0.39, 0.29) is 16.4 Å². The number of nitrogens with one attached hydrogen (secondary N) is 1. The highest BCUT2D eigenvalue weighted by Gasteiger charge is 2.30. The van der Waals surface area contributed by atoms with Crippen LogP contribution in [-0.2, 0) is 21.2 Å². The lowest BCUT2D eigenvalue weighted by molar-refractivity contribution is 0.0528. The number of aryl methyl sites for hydroxylation is 1. The summed E-state index contributed by atoms with van der Waals surface area (Å²) in [6, 6.07) is 16.3. The van der Waals surface area contributed by atoms with Crippen LogP contribution in [0.3, 0.4) is 0 Å². The van der Waals surface area contributed by atoms with Crippen LogP contribution in [0.2, 0.25) is 0 Å². The summed E-state index contributed by atoms with van der Waals surface area (Å²) in [5, 5.41) is 1.68. The first kappa shape index (κ1) is 20.1. The van der Waals surface area contributed by atoms with E-state index in [1.807, 2.05) is 43.3 Å². The van der Waals surface area contributed by atoms with Gasteiger partial charge in [0.25, 0.3) is 10.0 Å². The highest BCUT2D eigenvalue weighted by molar-refractivity contribution is 7.93. The van der Waals surface area contributed by atoms with Crippen molar-refractivity contribution in [2.75, 3.05) is 11.3 Å². The Hall–Kier alpha value is -2.64. The zero-order valence-corrected chi connectivity index (χ0v) is 17.3. The number of esters is 1. The summed E-state index contributed by atoms with van der Waals surface area (Å²) in [7, 11) is -4.01. The first-order chi connectivity index (χ1) is 13.5. The third kappa shape index (κ3) is 4.26. The molecule has 0 amide bonds. The Morgan fingerprint density at radius 3 is 2.50 bits per heavy atom. The standard InChI is InChI=1S/C21H21NO4S2/c1-3-15-9-8-12-17(13-15)22-28(24,25)20-18(16-10-6-5-7-11-16)14-27-19(20)21(23)26-4-2/h5-14,22H,3-4H2,1-2H3. The van der Waals surface area contributed by atoms with Gasteiger partial charge in [0.1, 0.15) is 9.77 Å². The van der Waals surface area contributed by atoms with Crippen molar-refractivity contribution in [3.05, 3.63) is 70.4 Å². The fourth-order valence-corrected chi connectivity index (χ4v) is 5.57. The van der Waals surface area contributed by atoms with E-state index in [9.17, 15) is 13.2 Å². The maximum absolute atomic E-state index is 13.3. The smallest absolute Gasteiger partial charge is 0.349 e. The molecule has 0 fully saturated rings. The third-order valence-corrected chi connectivity index (χ3v) is 6.70. The number of sulfonamides is 1. The van der Waals surface area contributed by atoms with Crippen LogP contribution in [0.15, 0.2) is 64.9 Å². The van der Waals surface area contributed by atoms with Gasteiger partial charge in [-0.25, -0.2) is 13.2 Å². The van der Waals surface area contributed by atoms with Crippen molar-refractivity contribution >= 4 is 33.0 Å². The number of anilines is 1. The number of carbonyl (C=O) groups is 1.